The van der Waals surface area contributed by atoms with Crippen LogP contribution in [-0.2, 0) is 9.47 Å². The van der Waals surface area contributed by atoms with Crippen LogP contribution in [0.1, 0.15) is 0 Å². The molecule has 1 aliphatic rings. The van der Waals surface area contributed by atoms with Crippen LogP contribution in [0.3, 0.4) is 0 Å². The van der Waals surface area contributed by atoms with Gasteiger partial charge >= 0.3 is 0 Å². The van der Waals surface area contributed by atoms with Gasteiger partial charge in [0, 0.05) is 7.11 Å². The van der Waals surface area contributed by atoms with Crippen LogP contribution in [0.4, 0.5) is 0 Å². The first-order chi connectivity index (χ1) is 5.43. The fourth-order valence-electron chi connectivity index (χ4n) is 0.591. The van der Waals surface area contributed by atoms with Gasteiger partial charge in [0.1, 0.15) is 13.1 Å². The van der Waals surface area contributed by atoms with E-state index in [1.165, 1.54) is 0 Å². The van der Waals surface area contributed by atoms with E-state index < -0.39 is 0 Å². The number of nitrogens with one attached hydrogen (secondary N) is 2. The highest BCUT2D eigenvalue weighted by molar-refractivity contribution is 5.54. The predicted molar refractivity (Wildman–Crippen MR) is 39.3 cm³/mol. The van der Waals surface area contributed by atoms with E-state index in [1.54, 1.807) is 18.5 Å². The van der Waals surface area contributed by atoms with E-state index >= 15 is 0 Å². The lowest BCUT2D eigenvalue weighted by atomic mass is 10.8. The van der Waals surface area contributed by atoms with Gasteiger partial charge < -0.3 is 9.47 Å². The molecule has 6 heteroatoms. The van der Waals surface area contributed by atoms with E-state index in [1.807, 2.05) is 0 Å². The molecule has 0 saturated heterocycles. The molecule has 0 aromatic heterocycles. The number of rotatable bonds is 5. The van der Waals surface area contributed by atoms with E-state index in [0.29, 0.717) is 19.9 Å². The van der Waals surface area contributed by atoms with Crippen LogP contribution >= 0.6 is 0 Å². The normalized spacial score (nSPS) is 15.5. The first-order valence-electron chi connectivity index (χ1n) is 3.30. The molecule has 0 aromatic rings. The van der Waals surface area contributed by atoms with Gasteiger partial charge in [0.25, 0.3) is 0 Å². The third-order valence-corrected chi connectivity index (χ3v) is 1.12. The molecule has 0 saturated carbocycles. The minimum atomic E-state index is 0.458. The summed E-state index contributed by atoms with van der Waals surface area (Å²) in [5, 5.41) is 5.37. The Morgan fingerprint density at radius 3 is 3.09 bits per heavy atom. The largest absolute Gasteiger partial charge is 0.382 e. The Hall–Kier alpha value is -0.850. The Balaban J connectivity index is 1.90. The molecule has 0 aliphatic carbocycles. The van der Waals surface area contributed by atoms with E-state index in [-0.39, 0.29) is 0 Å². The first-order valence-corrected chi connectivity index (χ1v) is 3.30. The third kappa shape index (κ3) is 3.17. The second kappa shape index (κ2) is 4.89. The maximum atomic E-state index is 5.17. The Morgan fingerprint density at radius 2 is 2.45 bits per heavy atom. The summed E-state index contributed by atoms with van der Waals surface area (Å²) in [6.45, 7) is 1.65. The lowest BCUT2D eigenvalue weighted by Crippen LogP contribution is -2.38. The molecule has 2 N–H and O–H groups in total. The van der Waals surface area contributed by atoms with Gasteiger partial charge in [0.15, 0.2) is 0 Å². The molecule has 1 heterocycles. The summed E-state index contributed by atoms with van der Waals surface area (Å²) < 4.78 is 9.96. The SMILES string of the molecule is COCCOCN1C=NNN1. The van der Waals surface area contributed by atoms with Crippen molar-refractivity contribution in [3.63, 3.8) is 0 Å². The minimum Gasteiger partial charge on any atom is -0.382 e. The average molecular weight is 160 g/mol. The molecule has 0 fully saturated rings. The topological polar surface area (TPSA) is 58.1 Å². The van der Waals surface area contributed by atoms with Gasteiger partial charge in [0.2, 0.25) is 0 Å². The smallest absolute Gasteiger partial charge is 0.136 e. The van der Waals surface area contributed by atoms with Crippen LogP contribution in [0.2, 0.25) is 0 Å². The maximum Gasteiger partial charge on any atom is 0.136 e. The highest BCUT2D eigenvalue weighted by atomic mass is 16.5. The summed E-state index contributed by atoms with van der Waals surface area (Å²) in [7, 11) is 1.64. The molecular weight excluding hydrogens is 148 g/mol. The maximum absolute atomic E-state index is 5.17. The van der Waals surface area contributed by atoms with Crippen molar-refractivity contribution in [2.45, 2.75) is 0 Å². The van der Waals surface area contributed by atoms with Gasteiger partial charge in [0.05, 0.1) is 13.2 Å². The van der Waals surface area contributed by atoms with Crippen molar-refractivity contribution in [2.24, 2.45) is 5.10 Å². The third-order valence-electron chi connectivity index (χ3n) is 1.12. The van der Waals surface area contributed by atoms with Gasteiger partial charge in [-0.15, -0.1) is 5.53 Å². The number of nitrogens with zero attached hydrogens (tertiary/aromatic N) is 2. The van der Waals surface area contributed by atoms with Crippen molar-refractivity contribution in [3.8, 4) is 0 Å². The monoisotopic (exact) mass is 160 g/mol. The molecule has 1 aliphatic heterocycles. The first kappa shape index (κ1) is 8.25. The number of hydrogen-bond donors (Lipinski definition) is 2. The molecule has 0 amide bonds. The zero-order valence-corrected chi connectivity index (χ0v) is 6.41. The van der Waals surface area contributed by atoms with Crippen molar-refractivity contribution in [3.05, 3.63) is 0 Å². The lowest BCUT2D eigenvalue weighted by molar-refractivity contribution is 0.0146. The Bertz CT molecular complexity index is 130. The predicted octanol–water partition coefficient (Wildman–Crippen LogP) is -1.12. The van der Waals surface area contributed by atoms with Crippen molar-refractivity contribution in [2.75, 3.05) is 27.1 Å². The molecule has 0 unspecified atom stereocenters. The van der Waals surface area contributed by atoms with Crippen LogP contribution in [0.25, 0.3) is 0 Å². The van der Waals surface area contributed by atoms with Crippen LogP contribution in [0.15, 0.2) is 5.10 Å². The summed E-state index contributed by atoms with van der Waals surface area (Å²) in [5.74, 6) is 0. The highest BCUT2D eigenvalue weighted by Crippen LogP contribution is 1.83. The van der Waals surface area contributed by atoms with Crippen molar-refractivity contribution < 1.29 is 9.47 Å². The van der Waals surface area contributed by atoms with Crippen LogP contribution in [-0.4, -0.2) is 38.4 Å². The number of hydrazone groups is 1. The van der Waals surface area contributed by atoms with E-state index in [0.717, 1.165) is 0 Å². The van der Waals surface area contributed by atoms with Gasteiger partial charge in [-0.1, -0.05) is 0 Å². The number of ether oxygens (including phenoxy) is 2. The Kier molecular flexibility index (Phi) is 3.67. The van der Waals surface area contributed by atoms with Crippen LogP contribution in [0, 0.1) is 0 Å². The summed E-state index contributed by atoms with van der Waals surface area (Å²) >= 11 is 0. The summed E-state index contributed by atoms with van der Waals surface area (Å²) in [4.78, 5) is 0. The molecule has 64 valence electrons. The van der Waals surface area contributed by atoms with Gasteiger partial charge in [-0.05, 0) is 0 Å². The van der Waals surface area contributed by atoms with Gasteiger partial charge in [-0.2, -0.15) is 5.10 Å². The molecule has 0 atom stereocenters. The summed E-state index contributed by atoms with van der Waals surface area (Å²) in [6, 6.07) is 0. The standard InChI is InChI=1S/C5H12N4O2/c1-10-2-3-11-5-9-4-6-7-8-9/h4,7-8H,2-3,5H2,1H3. The Morgan fingerprint density at radius 1 is 1.55 bits per heavy atom. The fraction of sp³-hybridized carbons (Fsp3) is 0.800. The van der Waals surface area contributed by atoms with Crippen LogP contribution < -0.4 is 11.1 Å². The second-order valence-corrected chi connectivity index (χ2v) is 1.97. The number of methoxy groups -OCH3 is 1. The van der Waals surface area contributed by atoms with Gasteiger partial charge in [-0.25, -0.2) is 5.53 Å². The van der Waals surface area contributed by atoms with E-state index in [4.69, 9.17) is 9.47 Å². The molecule has 6 nitrogen and oxygen atoms in total. The molecule has 0 spiro atoms. The average Bonchev–Trinajstić information content (AvgIpc) is 2.50. The molecule has 0 radical (unpaired) electrons. The van der Waals surface area contributed by atoms with Gasteiger partial charge in [-0.3, -0.25) is 5.01 Å². The van der Waals surface area contributed by atoms with Crippen molar-refractivity contribution in [1.29, 1.82) is 0 Å². The van der Waals surface area contributed by atoms with E-state index in [2.05, 4.69) is 16.2 Å². The quantitative estimate of drug-likeness (QED) is 0.499. The zero-order chi connectivity index (χ0) is 7.94. The molecule has 0 aromatic carbocycles. The van der Waals surface area contributed by atoms with Crippen molar-refractivity contribution >= 4 is 6.34 Å². The second-order valence-electron chi connectivity index (χ2n) is 1.97. The van der Waals surface area contributed by atoms with E-state index in [9.17, 15) is 0 Å². The fourth-order valence-corrected chi connectivity index (χ4v) is 0.591. The summed E-state index contributed by atoms with van der Waals surface area (Å²) in [5.41, 5.74) is 5.28. The zero-order valence-electron chi connectivity index (χ0n) is 6.41. The van der Waals surface area contributed by atoms with Crippen LogP contribution in [0.5, 0.6) is 0 Å². The lowest BCUT2D eigenvalue weighted by Gasteiger charge is -2.12. The number of hydrazine groups is 2. The minimum absolute atomic E-state index is 0.458. The summed E-state index contributed by atoms with van der Waals surface area (Å²) in [6.07, 6.45) is 1.60. The molecule has 11 heavy (non-hydrogen) atoms. The Labute approximate surface area is 65.1 Å². The van der Waals surface area contributed by atoms with Crippen molar-refractivity contribution in [1.82, 2.24) is 16.1 Å². The molecule has 1 rings (SSSR count). The molecular formula is C5H12N4O2. The highest BCUT2D eigenvalue weighted by Gasteiger charge is 2.01. The molecule has 0 bridgehead atoms. The number of hydrogen-bond acceptors (Lipinski definition) is 6.